The average molecular weight is 294 g/mol. The van der Waals surface area contributed by atoms with Crippen molar-refractivity contribution in [3.05, 3.63) is 82.2 Å². The van der Waals surface area contributed by atoms with Gasteiger partial charge in [0, 0.05) is 17.7 Å². The van der Waals surface area contributed by atoms with Gasteiger partial charge in [0.05, 0.1) is 16.8 Å². The molecule has 0 aliphatic carbocycles. The molecule has 0 unspecified atom stereocenters. The van der Waals surface area contributed by atoms with Crippen molar-refractivity contribution >= 4 is 11.5 Å². The summed E-state index contributed by atoms with van der Waals surface area (Å²) in [6, 6.07) is 14.7. The van der Waals surface area contributed by atoms with Gasteiger partial charge in [-0.05, 0) is 6.07 Å². The maximum Gasteiger partial charge on any atom is 0.271 e. The number of nitrogens with zero attached hydrogens (tertiary/aromatic N) is 4. The van der Waals surface area contributed by atoms with Crippen molar-refractivity contribution in [3.8, 4) is 5.69 Å². The van der Waals surface area contributed by atoms with Gasteiger partial charge in [-0.25, -0.2) is 4.68 Å². The predicted molar refractivity (Wildman–Crippen MR) is 77.9 cm³/mol. The molecule has 0 aliphatic heterocycles. The van der Waals surface area contributed by atoms with Gasteiger partial charge in [-0.3, -0.25) is 14.9 Å². The Hall–Kier alpha value is -3.35. The summed E-state index contributed by atoms with van der Waals surface area (Å²) in [6.07, 6.45) is 1.45. The number of rotatable bonds is 4. The molecule has 0 aliphatic rings. The molecule has 7 heteroatoms. The molecule has 2 aromatic carbocycles. The first-order valence-corrected chi connectivity index (χ1v) is 6.42. The number of hydrogen-bond acceptors (Lipinski definition) is 5. The van der Waals surface area contributed by atoms with Crippen LogP contribution in [-0.4, -0.2) is 25.7 Å². The summed E-state index contributed by atoms with van der Waals surface area (Å²) < 4.78 is 1.34. The highest BCUT2D eigenvalue weighted by molar-refractivity contribution is 6.07. The van der Waals surface area contributed by atoms with Crippen molar-refractivity contribution in [3.63, 3.8) is 0 Å². The van der Waals surface area contributed by atoms with Crippen LogP contribution in [0, 0.1) is 10.1 Å². The van der Waals surface area contributed by atoms with E-state index in [-0.39, 0.29) is 17.2 Å². The fourth-order valence-electron chi connectivity index (χ4n) is 1.98. The molecule has 108 valence electrons. The Kier molecular flexibility index (Phi) is 3.45. The minimum atomic E-state index is -0.490. The molecule has 0 amide bonds. The van der Waals surface area contributed by atoms with Crippen LogP contribution in [0.15, 0.2) is 60.8 Å². The Balaban J connectivity index is 1.93. The summed E-state index contributed by atoms with van der Waals surface area (Å²) >= 11 is 0. The quantitative estimate of drug-likeness (QED) is 0.418. The molecule has 3 aromatic rings. The van der Waals surface area contributed by atoms with Crippen molar-refractivity contribution in [2.24, 2.45) is 0 Å². The number of nitro groups is 1. The van der Waals surface area contributed by atoms with E-state index in [1.807, 2.05) is 6.07 Å². The van der Waals surface area contributed by atoms with Crippen molar-refractivity contribution in [1.82, 2.24) is 15.0 Å². The molecule has 22 heavy (non-hydrogen) atoms. The summed E-state index contributed by atoms with van der Waals surface area (Å²) in [5, 5.41) is 18.5. The molecule has 0 saturated heterocycles. The van der Waals surface area contributed by atoms with Crippen LogP contribution in [0.4, 0.5) is 5.69 Å². The molecule has 7 nitrogen and oxygen atoms in total. The second-order valence-corrected chi connectivity index (χ2v) is 4.52. The molecule has 1 heterocycles. The van der Waals surface area contributed by atoms with Gasteiger partial charge in [-0.15, -0.1) is 5.10 Å². The number of hydrogen-bond donors (Lipinski definition) is 0. The van der Waals surface area contributed by atoms with Crippen LogP contribution in [0.5, 0.6) is 0 Å². The summed E-state index contributed by atoms with van der Waals surface area (Å²) in [4.78, 5) is 22.5. The van der Waals surface area contributed by atoms with Gasteiger partial charge in [-0.1, -0.05) is 41.6 Å². The van der Waals surface area contributed by atoms with E-state index in [0.29, 0.717) is 11.3 Å². The Morgan fingerprint density at radius 3 is 2.59 bits per heavy atom. The van der Waals surface area contributed by atoms with E-state index in [4.69, 9.17) is 0 Å². The number of nitro benzene ring substituents is 1. The minimum Gasteiger partial charge on any atom is -0.287 e. The number of benzene rings is 2. The van der Waals surface area contributed by atoms with Crippen LogP contribution in [0.2, 0.25) is 0 Å². The van der Waals surface area contributed by atoms with Crippen LogP contribution >= 0.6 is 0 Å². The van der Waals surface area contributed by atoms with Gasteiger partial charge in [0.25, 0.3) is 5.69 Å². The number of non-ortho nitro benzene ring substituents is 1. The molecule has 0 saturated carbocycles. The van der Waals surface area contributed by atoms with Gasteiger partial charge in [0.2, 0.25) is 5.78 Å². The van der Waals surface area contributed by atoms with Crippen LogP contribution in [0.1, 0.15) is 16.1 Å². The fourth-order valence-corrected chi connectivity index (χ4v) is 1.98. The SMILES string of the molecule is O=C(c1ccccc1)c1cn(-c2cccc([N+](=O)[O-])c2)nn1. The first-order chi connectivity index (χ1) is 10.6. The highest BCUT2D eigenvalue weighted by Crippen LogP contribution is 2.16. The highest BCUT2D eigenvalue weighted by atomic mass is 16.6. The molecule has 3 rings (SSSR count). The zero-order chi connectivity index (χ0) is 15.5. The third-order valence-electron chi connectivity index (χ3n) is 3.07. The predicted octanol–water partition coefficient (Wildman–Crippen LogP) is 2.41. The van der Waals surface area contributed by atoms with Crippen molar-refractivity contribution in [2.75, 3.05) is 0 Å². The monoisotopic (exact) mass is 294 g/mol. The fraction of sp³-hybridized carbons (Fsp3) is 0. The molecular weight excluding hydrogens is 284 g/mol. The summed E-state index contributed by atoms with van der Waals surface area (Å²) in [6.45, 7) is 0. The lowest BCUT2D eigenvalue weighted by molar-refractivity contribution is -0.384. The summed E-state index contributed by atoms with van der Waals surface area (Å²) in [5.74, 6) is -0.253. The minimum absolute atomic E-state index is 0.0519. The van der Waals surface area contributed by atoms with Gasteiger partial charge in [0.1, 0.15) is 0 Å². The average Bonchev–Trinajstić information content (AvgIpc) is 3.05. The van der Waals surface area contributed by atoms with Crippen molar-refractivity contribution in [1.29, 1.82) is 0 Å². The largest absolute Gasteiger partial charge is 0.287 e. The van der Waals surface area contributed by atoms with E-state index in [1.165, 1.54) is 23.0 Å². The molecular formula is C15H10N4O3. The topological polar surface area (TPSA) is 90.9 Å². The molecule has 0 radical (unpaired) electrons. The molecule has 0 spiro atoms. The van der Waals surface area contributed by atoms with Crippen LogP contribution in [0.25, 0.3) is 5.69 Å². The van der Waals surface area contributed by atoms with Crippen molar-refractivity contribution < 1.29 is 9.72 Å². The van der Waals surface area contributed by atoms with Crippen LogP contribution in [-0.2, 0) is 0 Å². The lowest BCUT2D eigenvalue weighted by atomic mass is 10.1. The second kappa shape index (κ2) is 5.57. The normalized spacial score (nSPS) is 10.4. The van der Waals surface area contributed by atoms with Crippen molar-refractivity contribution in [2.45, 2.75) is 0 Å². The summed E-state index contributed by atoms with van der Waals surface area (Å²) in [5.41, 5.74) is 1.10. The number of carbonyl (C=O) groups excluding carboxylic acids is 1. The van der Waals surface area contributed by atoms with Crippen LogP contribution < -0.4 is 0 Å². The van der Waals surface area contributed by atoms with Gasteiger partial charge < -0.3 is 0 Å². The van der Waals surface area contributed by atoms with E-state index in [0.717, 1.165) is 0 Å². The Morgan fingerprint density at radius 2 is 1.86 bits per heavy atom. The lowest BCUT2D eigenvalue weighted by Crippen LogP contribution is -2.01. The Labute approximate surface area is 125 Å². The Bertz CT molecular complexity index is 843. The maximum absolute atomic E-state index is 12.2. The first kappa shape index (κ1) is 13.6. The van der Waals surface area contributed by atoms with E-state index in [1.54, 1.807) is 36.4 Å². The van der Waals surface area contributed by atoms with Gasteiger partial charge in [0.15, 0.2) is 5.69 Å². The number of aromatic nitrogens is 3. The van der Waals surface area contributed by atoms with Gasteiger partial charge >= 0.3 is 0 Å². The van der Waals surface area contributed by atoms with Gasteiger partial charge in [-0.2, -0.15) is 0 Å². The second-order valence-electron chi connectivity index (χ2n) is 4.52. The highest BCUT2D eigenvalue weighted by Gasteiger charge is 2.14. The smallest absolute Gasteiger partial charge is 0.271 e. The Morgan fingerprint density at radius 1 is 1.09 bits per heavy atom. The van der Waals surface area contributed by atoms with E-state index in [2.05, 4.69) is 10.3 Å². The van der Waals surface area contributed by atoms with E-state index in [9.17, 15) is 14.9 Å². The standard InChI is InChI=1S/C15H10N4O3/c20-15(11-5-2-1-3-6-11)14-10-18(17-16-14)12-7-4-8-13(9-12)19(21)22/h1-10H. The summed E-state index contributed by atoms with van der Waals surface area (Å²) in [7, 11) is 0. The third-order valence-corrected chi connectivity index (χ3v) is 3.07. The third kappa shape index (κ3) is 2.59. The zero-order valence-corrected chi connectivity index (χ0v) is 11.3. The van der Waals surface area contributed by atoms with E-state index < -0.39 is 4.92 Å². The molecule has 0 fully saturated rings. The van der Waals surface area contributed by atoms with E-state index >= 15 is 0 Å². The molecule has 1 aromatic heterocycles. The lowest BCUT2D eigenvalue weighted by Gasteiger charge is -1.99. The maximum atomic E-state index is 12.2. The molecule has 0 N–H and O–H groups in total. The number of ketones is 1. The molecule has 0 atom stereocenters. The number of carbonyl (C=O) groups is 1. The molecule has 0 bridgehead atoms. The zero-order valence-electron chi connectivity index (χ0n) is 11.3. The first-order valence-electron chi connectivity index (χ1n) is 6.42. The van der Waals surface area contributed by atoms with Crippen LogP contribution in [0.3, 0.4) is 0 Å².